The Morgan fingerprint density at radius 2 is 1.88 bits per heavy atom. The van der Waals surface area contributed by atoms with Crippen molar-refractivity contribution in [2.75, 3.05) is 11.1 Å². The Hall–Kier alpha value is -2.26. The van der Waals surface area contributed by atoms with Gasteiger partial charge < -0.3 is 15.2 Å². The molecule has 1 heterocycles. The van der Waals surface area contributed by atoms with Crippen molar-refractivity contribution in [3.8, 4) is 0 Å². The zero-order valence-electron chi connectivity index (χ0n) is 17.3. The van der Waals surface area contributed by atoms with Crippen molar-refractivity contribution < 1.29 is 9.59 Å². The molecule has 2 N–H and O–H groups in total. The summed E-state index contributed by atoms with van der Waals surface area (Å²) in [7, 11) is 0. The second-order valence-corrected chi connectivity index (χ2v) is 8.89. The molecular formula is C21H20Cl3N5O2S. The standard InChI is InChI=1S/C21H20Cl3N5O2S/c1-3-29-18(10-25-20(31)14-8-7-13(22)9-16(14)24)27-28-21(29)32-11-19(30)26-17-6-4-5-15(23)12(17)2/h4-9H,3,10-11H2,1-2H3,(H,25,31)(H,26,30). The molecule has 0 spiro atoms. The van der Waals surface area contributed by atoms with Gasteiger partial charge in [0.25, 0.3) is 5.91 Å². The summed E-state index contributed by atoms with van der Waals surface area (Å²) < 4.78 is 1.84. The molecule has 0 saturated heterocycles. The summed E-state index contributed by atoms with van der Waals surface area (Å²) in [6.45, 7) is 4.52. The van der Waals surface area contributed by atoms with Gasteiger partial charge in [-0.15, -0.1) is 10.2 Å². The quantitative estimate of drug-likeness (QED) is 0.404. The topological polar surface area (TPSA) is 88.9 Å². The molecule has 0 atom stereocenters. The molecule has 2 aromatic carbocycles. The van der Waals surface area contributed by atoms with E-state index in [1.807, 2.05) is 18.4 Å². The highest BCUT2D eigenvalue weighted by atomic mass is 35.5. The molecule has 0 aliphatic heterocycles. The lowest BCUT2D eigenvalue weighted by Crippen LogP contribution is -2.25. The third kappa shape index (κ3) is 5.95. The van der Waals surface area contributed by atoms with Gasteiger partial charge in [0.15, 0.2) is 11.0 Å². The lowest BCUT2D eigenvalue weighted by Gasteiger charge is -2.10. The zero-order valence-corrected chi connectivity index (χ0v) is 20.4. The summed E-state index contributed by atoms with van der Waals surface area (Å²) in [5, 5.41) is 15.8. The van der Waals surface area contributed by atoms with Gasteiger partial charge in [-0.2, -0.15) is 0 Å². The van der Waals surface area contributed by atoms with Gasteiger partial charge in [0, 0.05) is 22.3 Å². The fourth-order valence-corrected chi connectivity index (χ4v) is 4.35. The second kappa shape index (κ2) is 11.0. The van der Waals surface area contributed by atoms with E-state index in [4.69, 9.17) is 34.8 Å². The molecule has 0 radical (unpaired) electrons. The molecule has 11 heteroatoms. The summed E-state index contributed by atoms with van der Waals surface area (Å²) in [4.78, 5) is 24.8. The molecule has 168 valence electrons. The summed E-state index contributed by atoms with van der Waals surface area (Å²) in [6, 6.07) is 10.0. The number of carbonyl (C=O) groups is 2. The minimum atomic E-state index is -0.345. The Balaban J connectivity index is 1.60. The number of amides is 2. The summed E-state index contributed by atoms with van der Waals surface area (Å²) >= 11 is 19.3. The zero-order chi connectivity index (χ0) is 23.3. The van der Waals surface area contributed by atoms with Gasteiger partial charge in [-0.1, -0.05) is 52.6 Å². The molecule has 0 unspecified atom stereocenters. The van der Waals surface area contributed by atoms with Crippen molar-refractivity contribution in [2.24, 2.45) is 0 Å². The van der Waals surface area contributed by atoms with Crippen LogP contribution >= 0.6 is 46.6 Å². The number of benzene rings is 2. The first-order valence-corrected chi connectivity index (χ1v) is 11.7. The predicted octanol–water partition coefficient (Wildman–Crippen LogP) is 5.23. The number of hydrogen-bond acceptors (Lipinski definition) is 5. The fourth-order valence-electron chi connectivity index (χ4n) is 2.86. The van der Waals surface area contributed by atoms with Crippen molar-refractivity contribution >= 4 is 64.1 Å². The van der Waals surface area contributed by atoms with Crippen molar-refractivity contribution in [1.29, 1.82) is 0 Å². The highest BCUT2D eigenvalue weighted by molar-refractivity contribution is 7.99. The molecule has 3 rings (SSSR count). The van der Waals surface area contributed by atoms with Gasteiger partial charge in [0.1, 0.15) is 0 Å². The van der Waals surface area contributed by atoms with Crippen molar-refractivity contribution in [2.45, 2.75) is 32.1 Å². The highest BCUT2D eigenvalue weighted by Gasteiger charge is 2.16. The number of nitrogens with zero attached hydrogens (tertiary/aromatic N) is 3. The van der Waals surface area contributed by atoms with Gasteiger partial charge in [-0.25, -0.2) is 0 Å². The van der Waals surface area contributed by atoms with Crippen LogP contribution in [0.15, 0.2) is 41.6 Å². The van der Waals surface area contributed by atoms with Crippen LogP contribution in [0.3, 0.4) is 0 Å². The average molecular weight is 513 g/mol. The average Bonchev–Trinajstić information content (AvgIpc) is 3.15. The van der Waals surface area contributed by atoms with Crippen LogP contribution in [0.4, 0.5) is 5.69 Å². The lowest BCUT2D eigenvalue weighted by molar-refractivity contribution is -0.113. The molecule has 0 bridgehead atoms. The van der Waals surface area contributed by atoms with Crippen LogP contribution in [0.1, 0.15) is 28.7 Å². The summed E-state index contributed by atoms with van der Waals surface area (Å²) in [6.07, 6.45) is 0. The van der Waals surface area contributed by atoms with Crippen LogP contribution in [-0.4, -0.2) is 32.3 Å². The van der Waals surface area contributed by atoms with Gasteiger partial charge in [-0.3, -0.25) is 9.59 Å². The number of rotatable bonds is 8. The minimum Gasteiger partial charge on any atom is -0.345 e. The molecule has 0 saturated carbocycles. The number of nitrogens with one attached hydrogen (secondary N) is 2. The number of aromatic nitrogens is 3. The maximum Gasteiger partial charge on any atom is 0.253 e. The minimum absolute atomic E-state index is 0.150. The van der Waals surface area contributed by atoms with Gasteiger partial charge in [-0.05, 0) is 49.7 Å². The normalized spacial score (nSPS) is 10.8. The predicted molar refractivity (Wildman–Crippen MR) is 129 cm³/mol. The number of thioether (sulfide) groups is 1. The van der Waals surface area contributed by atoms with E-state index in [0.717, 1.165) is 5.56 Å². The molecule has 3 aromatic rings. The van der Waals surface area contributed by atoms with Crippen molar-refractivity contribution in [3.63, 3.8) is 0 Å². The Morgan fingerprint density at radius 1 is 1.09 bits per heavy atom. The lowest BCUT2D eigenvalue weighted by atomic mass is 10.2. The first-order valence-electron chi connectivity index (χ1n) is 9.63. The summed E-state index contributed by atoms with van der Waals surface area (Å²) in [5.74, 6) is 0.192. The molecule has 0 aliphatic rings. The number of halogens is 3. The molecule has 32 heavy (non-hydrogen) atoms. The van der Waals surface area contributed by atoms with Crippen LogP contribution in [0.25, 0.3) is 0 Å². The van der Waals surface area contributed by atoms with E-state index in [1.54, 1.807) is 30.3 Å². The number of hydrogen-bond donors (Lipinski definition) is 2. The van der Waals surface area contributed by atoms with Gasteiger partial charge >= 0.3 is 0 Å². The van der Waals surface area contributed by atoms with Crippen LogP contribution in [0.5, 0.6) is 0 Å². The maximum atomic E-state index is 12.4. The monoisotopic (exact) mass is 511 g/mol. The van der Waals surface area contributed by atoms with Crippen LogP contribution < -0.4 is 10.6 Å². The SMILES string of the molecule is CCn1c(CNC(=O)c2ccc(Cl)cc2Cl)nnc1SCC(=O)Nc1cccc(Cl)c1C. The third-order valence-electron chi connectivity index (χ3n) is 4.57. The molecule has 2 amide bonds. The molecule has 0 aliphatic carbocycles. The van der Waals surface area contributed by atoms with Crippen LogP contribution in [0, 0.1) is 6.92 Å². The molecular weight excluding hydrogens is 493 g/mol. The number of carbonyl (C=O) groups excluding carboxylic acids is 2. The highest BCUT2D eigenvalue weighted by Crippen LogP contribution is 2.24. The Morgan fingerprint density at radius 3 is 2.59 bits per heavy atom. The van der Waals surface area contributed by atoms with E-state index < -0.39 is 0 Å². The smallest absolute Gasteiger partial charge is 0.253 e. The van der Waals surface area contributed by atoms with Crippen LogP contribution in [-0.2, 0) is 17.9 Å². The van der Waals surface area contributed by atoms with E-state index >= 15 is 0 Å². The largest absolute Gasteiger partial charge is 0.345 e. The molecule has 7 nitrogen and oxygen atoms in total. The molecule has 1 aromatic heterocycles. The fraction of sp³-hybridized carbons (Fsp3) is 0.238. The molecule has 0 fully saturated rings. The Kier molecular flexibility index (Phi) is 8.42. The second-order valence-electron chi connectivity index (χ2n) is 6.70. The third-order valence-corrected chi connectivity index (χ3v) is 6.49. The van der Waals surface area contributed by atoms with Crippen molar-refractivity contribution in [1.82, 2.24) is 20.1 Å². The van der Waals surface area contributed by atoms with E-state index in [9.17, 15) is 9.59 Å². The van der Waals surface area contributed by atoms with Crippen molar-refractivity contribution in [3.05, 3.63) is 68.4 Å². The van der Waals surface area contributed by atoms with Crippen LogP contribution in [0.2, 0.25) is 15.1 Å². The summed E-state index contributed by atoms with van der Waals surface area (Å²) in [5.41, 5.74) is 1.80. The first kappa shape index (κ1) is 24.4. The van der Waals surface area contributed by atoms with E-state index in [1.165, 1.54) is 17.8 Å². The van der Waals surface area contributed by atoms with E-state index in [0.29, 0.717) is 38.8 Å². The Labute approximate surface area is 204 Å². The van der Waals surface area contributed by atoms with Gasteiger partial charge in [0.2, 0.25) is 5.91 Å². The van der Waals surface area contributed by atoms with Gasteiger partial charge in [0.05, 0.1) is 22.9 Å². The maximum absolute atomic E-state index is 12.4. The Bertz CT molecular complexity index is 1150. The van der Waals surface area contributed by atoms with E-state index in [-0.39, 0.29) is 29.1 Å². The first-order chi connectivity index (χ1) is 15.3. The van der Waals surface area contributed by atoms with E-state index in [2.05, 4.69) is 20.8 Å². The number of anilines is 1.